The number of pyridine rings is 1. The summed E-state index contributed by atoms with van der Waals surface area (Å²) in [7, 11) is 0. The highest BCUT2D eigenvalue weighted by Gasteiger charge is 1.86. The lowest BCUT2D eigenvalue weighted by Gasteiger charge is -1.84. The summed E-state index contributed by atoms with van der Waals surface area (Å²) in [5.41, 5.74) is 0. The highest BCUT2D eigenvalue weighted by atomic mass is 35.5. The maximum Gasteiger partial charge on any atom is 0.129 e. The molecule has 1 nitrogen and oxygen atoms in total. The van der Waals surface area contributed by atoms with Gasteiger partial charge in [0.2, 0.25) is 0 Å². The van der Waals surface area contributed by atoms with Crippen LogP contribution in [0.5, 0.6) is 0 Å². The fourth-order valence-electron chi connectivity index (χ4n) is 0.323. The summed E-state index contributed by atoms with van der Waals surface area (Å²) in [5.74, 6) is 0. The molecule has 1 heterocycles. The Balaban J connectivity index is 3.03. The van der Waals surface area contributed by atoms with E-state index in [9.17, 15) is 0 Å². The van der Waals surface area contributed by atoms with Gasteiger partial charge in [0.1, 0.15) is 11.3 Å². The first-order valence-electron chi connectivity index (χ1n) is 1.99. The van der Waals surface area contributed by atoms with Crippen molar-refractivity contribution in [1.29, 1.82) is 0 Å². The second kappa shape index (κ2) is 2.33. The van der Waals surface area contributed by atoms with Gasteiger partial charge in [0, 0.05) is 0 Å². The van der Waals surface area contributed by atoms with Crippen molar-refractivity contribution in [1.82, 2.24) is 4.98 Å². The topological polar surface area (TPSA) is 12.9 Å². The molecule has 41 valence electrons. The van der Waals surface area contributed by atoms with Gasteiger partial charge in [0.25, 0.3) is 0 Å². The number of hydrogen-bond acceptors (Lipinski definition) is 1. The zero-order valence-corrected chi connectivity index (χ0v) is 5.37. The smallest absolute Gasteiger partial charge is 0.129 e. The average molecular weight is 147 g/mol. The van der Waals surface area contributed by atoms with E-state index in [-0.39, 0.29) is 0 Å². The lowest BCUT2D eigenvalue weighted by molar-refractivity contribution is 1.31. The van der Waals surface area contributed by atoms with Crippen LogP contribution in [0.4, 0.5) is 0 Å². The van der Waals surface area contributed by atoms with Crippen LogP contribution in [0.15, 0.2) is 12.1 Å². The summed E-state index contributed by atoms with van der Waals surface area (Å²) in [6.07, 6.45) is 2.48. The molecule has 0 unspecified atom stereocenters. The minimum atomic E-state index is 0.411. The molecular weight excluding hydrogens is 145 g/mol. The van der Waals surface area contributed by atoms with Crippen molar-refractivity contribution in [2.75, 3.05) is 0 Å². The maximum absolute atomic E-state index is 5.43. The van der Waals surface area contributed by atoms with Crippen LogP contribution in [0, 0.1) is 6.20 Å². The van der Waals surface area contributed by atoms with E-state index >= 15 is 0 Å². The van der Waals surface area contributed by atoms with Crippen LogP contribution < -0.4 is 0 Å². The van der Waals surface area contributed by atoms with Crippen LogP contribution >= 0.6 is 23.2 Å². The van der Waals surface area contributed by atoms with E-state index in [0.29, 0.717) is 10.2 Å². The van der Waals surface area contributed by atoms with Gasteiger partial charge in [-0.1, -0.05) is 23.2 Å². The van der Waals surface area contributed by atoms with Crippen molar-refractivity contribution in [3.63, 3.8) is 0 Å². The van der Waals surface area contributed by atoms with E-state index in [0.717, 1.165) is 0 Å². The van der Waals surface area contributed by atoms with Gasteiger partial charge >= 0.3 is 0 Å². The Morgan fingerprint density at radius 1 is 1.38 bits per heavy atom. The molecule has 0 amide bonds. The molecule has 0 aromatic carbocycles. The van der Waals surface area contributed by atoms with Crippen LogP contribution in [0.3, 0.4) is 0 Å². The van der Waals surface area contributed by atoms with Gasteiger partial charge in [-0.2, -0.15) is 0 Å². The van der Waals surface area contributed by atoms with Gasteiger partial charge in [-0.15, -0.1) is 0 Å². The number of halogens is 2. The number of nitrogens with zero attached hydrogens (tertiary/aromatic N) is 1. The maximum atomic E-state index is 5.43. The van der Waals surface area contributed by atoms with Gasteiger partial charge in [0.05, 0.1) is 5.02 Å². The molecular formula is C5H2Cl2N. The molecule has 1 rings (SSSR count). The first kappa shape index (κ1) is 5.86. The van der Waals surface area contributed by atoms with Gasteiger partial charge in [-0.3, -0.25) is 0 Å². The lowest BCUT2D eigenvalue weighted by atomic mass is 10.5. The summed E-state index contributed by atoms with van der Waals surface area (Å²) in [6, 6.07) is 3.25. The van der Waals surface area contributed by atoms with E-state index in [1.54, 1.807) is 12.1 Å². The molecule has 0 aliphatic rings. The SMILES string of the molecule is Clc1[c]nc(Cl)cc1. The lowest BCUT2D eigenvalue weighted by Crippen LogP contribution is -1.70. The quantitative estimate of drug-likeness (QED) is 0.512. The standard InChI is InChI=1S/C5H2Cl2N/c6-4-1-2-5(7)8-3-4/h1-2H. The monoisotopic (exact) mass is 146 g/mol. The Hall–Kier alpha value is -0.270. The molecule has 0 aliphatic heterocycles. The van der Waals surface area contributed by atoms with Crippen LogP contribution in [0.25, 0.3) is 0 Å². The fourth-order valence-corrected chi connectivity index (χ4v) is 0.534. The third kappa shape index (κ3) is 1.35. The predicted octanol–water partition coefficient (Wildman–Crippen LogP) is 2.19. The largest absolute Gasteiger partial charge is 0.233 e. The summed E-state index contributed by atoms with van der Waals surface area (Å²) in [6.45, 7) is 0. The fraction of sp³-hybridized carbons (Fsp3) is 0. The zero-order chi connectivity index (χ0) is 5.98. The molecule has 0 spiro atoms. The number of rotatable bonds is 0. The van der Waals surface area contributed by atoms with E-state index in [1.807, 2.05) is 0 Å². The molecule has 0 fully saturated rings. The molecule has 0 saturated heterocycles. The third-order valence-corrected chi connectivity index (χ3v) is 1.06. The summed E-state index contributed by atoms with van der Waals surface area (Å²) < 4.78 is 0. The van der Waals surface area contributed by atoms with Crippen LogP contribution in [-0.4, -0.2) is 4.98 Å². The second-order valence-corrected chi connectivity index (χ2v) is 2.02. The van der Waals surface area contributed by atoms with Crippen LogP contribution in [0.1, 0.15) is 0 Å². The Bertz CT molecular complexity index is 149. The molecule has 0 N–H and O–H groups in total. The van der Waals surface area contributed by atoms with Crippen molar-refractivity contribution in [2.24, 2.45) is 0 Å². The van der Waals surface area contributed by atoms with Crippen molar-refractivity contribution in [3.05, 3.63) is 28.5 Å². The van der Waals surface area contributed by atoms with E-state index < -0.39 is 0 Å². The van der Waals surface area contributed by atoms with Gasteiger partial charge < -0.3 is 0 Å². The molecule has 1 aromatic heterocycles. The summed E-state index contributed by atoms with van der Waals surface area (Å²) in [4.78, 5) is 3.59. The minimum absolute atomic E-state index is 0.411. The van der Waals surface area contributed by atoms with E-state index in [2.05, 4.69) is 11.2 Å². The third-order valence-electron chi connectivity index (χ3n) is 0.637. The molecule has 1 radical (unpaired) electrons. The average Bonchev–Trinajstić information content (AvgIpc) is 1.77. The molecule has 0 bridgehead atoms. The van der Waals surface area contributed by atoms with Crippen molar-refractivity contribution in [2.45, 2.75) is 0 Å². The Labute approximate surface area is 57.3 Å². The predicted molar refractivity (Wildman–Crippen MR) is 33.1 cm³/mol. The van der Waals surface area contributed by atoms with Gasteiger partial charge in [0.15, 0.2) is 0 Å². The molecule has 8 heavy (non-hydrogen) atoms. The highest BCUT2D eigenvalue weighted by molar-refractivity contribution is 6.31. The molecule has 3 heteroatoms. The van der Waals surface area contributed by atoms with Gasteiger partial charge in [-0.25, -0.2) is 4.98 Å². The second-order valence-electron chi connectivity index (χ2n) is 1.23. The summed E-state index contributed by atoms with van der Waals surface area (Å²) >= 11 is 10.8. The minimum Gasteiger partial charge on any atom is -0.233 e. The number of hydrogen-bond donors (Lipinski definition) is 0. The first-order chi connectivity index (χ1) is 3.79. The zero-order valence-electron chi connectivity index (χ0n) is 3.86. The van der Waals surface area contributed by atoms with Crippen molar-refractivity contribution >= 4 is 23.2 Å². The molecule has 1 aromatic rings. The first-order valence-corrected chi connectivity index (χ1v) is 2.74. The summed E-state index contributed by atoms with van der Waals surface area (Å²) in [5, 5.41) is 0.892. The highest BCUT2D eigenvalue weighted by Crippen LogP contribution is 2.07. The van der Waals surface area contributed by atoms with Crippen molar-refractivity contribution in [3.8, 4) is 0 Å². The van der Waals surface area contributed by atoms with Crippen LogP contribution in [0.2, 0.25) is 10.2 Å². The molecule has 0 saturated carbocycles. The Morgan fingerprint density at radius 2 is 2.12 bits per heavy atom. The van der Waals surface area contributed by atoms with Crippen LogP contribution in [-0.2, 0) is 0 Å². The van der Waals surface area contributed by atoms with E-state index in [4.69, 9.17) is 23.2 Å². The Kier molecular flexibility index (Phi) is 1.71. The van der Waals surface area contributed by atoms with E-state index in [1.165, 1.54) is 0 Å². The normalized spacial score (nSPS) is 9.25. The molecule has 0 aliphatic carbocycles. The van der Waals surface area contributed by atoms with Crippen molar-refractivity contribution < 1.29 is 0 Å². The van der Waals surface area contributed by atoms with Gasteiger partial charge in [-0.05, 0) is 12.1 Å². The number of aromatic nitrogens is 1. The molecule has 0 atom stereocenters. The Morgan fingerprint density at radius 3 is 2.50 bits per heavy atom.